The summed E-state index contributed by atoms with van der Waals surface area (Å²) in [5.41, 5.74) is 0.619. The maximum Gasteiger partial charge on any atom is 0.339 e. The van der Waals surface area contributed by atoms with Gasteiger partial charge in [0.2, 0.25) is 0 Å². The highest BCUT2D eigenvalue weighted by molar-refractivity contribution is 9.10. The van der Waals surface area contributed by atoms with Gasteiger partial charge in [0.25, 0.3) is 0 Å². The van der Waals surface area contributed by atoms with Crippen LogP contribution in [-0.4, -0.2) is 23.7 Å². The first kappa shape index (κ1) is 15.7. The van der Waals surface area contributed by atoms with Crippen LogP contribution < -0.4 is 0 Å². The number of halogens is 1. The van der Waals surface area contributed by atoms with Crippen molar-refractivity contribution in [3.05, 3.63) is 33.3 Å². The third kappa shape index (κ3) is 3.35. The molecule has 104 valence electrons. The fraction of sp³-hybridized carbons (Fsp3) is 0.429. The van der Waals surface area contributed by atoms with Gasteiger partial charge in [-0.2, -0.15) is 0 Å². The van der Waals surface area contributed by atoms with Crippen LogP contribution in [-0.2, 0) is 10.2 Å². The predicted molar refractivity (Wildman–Crippen MR) is 75.8 cm³/mol. The summed E-state index contributed by atoms with van der Waals surface area (Å²) in [7, 11) is 0. The van der Waals surface area contributed by atoms with Crippen molar-refractivity contribution < 1.29 is 19.4 Å². The number of carbonyl (C=O) groups is 2. The Morgan fingerprint density at radius 2 is 1.89 bits per heavy atom. The second-order valence-electron chi connectivity index (χ2n) is 5.13. The number of hydrogen-bond acceptors (Lipinski definition) is 3. The topological polar surface area (TPSA) is 63.6 Å². The molecule has 0 aliphatic rings. The van der Waals surface area contributed by atoms with Gasteiger partial charge < -0.3 is 9.84 Å². The Hall–Kier alpha value is -1.36. The SMILES string of the molecule is CCOC(=O)c1ccc(C(C)(C)C)c(Br)c1C(=O)O. The first-order valence-electron chi connectivity index (χ1n) is 5.93. The minimum Gasteiger partial charge on any atom is -0.478 e. The van der Waals surface area contributed by atoms with Crippen LogP contribution in [0, 0.1) is 0 Å². The molecular weight excluding hydrogens is 312 g/mol. The Morgan fingerprint density at radius 1 is 1.32 bits per heavy atom. The lowest BCUT2D eigenvalue weighted by Crippen LogP contribution is -2.18. The standard InChI is InChI=1S/C14H17BrO4/c1-5-19-13(18)8-6-7-9(14(2,3)4)11(15)10(8)12(16)17/h6-7H,5H2,1-4H3,(H,16,17). The van der Waals surface area contributed by atoms with Gasteiger partial charge in [0.05, 0.1) is 17.7 Å². The van der Waals surface area contributed by atoms with Crippen LogP contribution in [0.3, 0.4) is 0 Å². The number of benzene rings is 1. The first-order valence-corrected chi connectivity index (χ1v) is 6.72. The summed E-state index contributed by atoms with van der Waals surface area (Å²) in [6, 6.07) is 3.26. The summed E-state index contributed by atoms with van der Waals surface area (Å²) in [5, 5.41) is 9.32. The van der Waals surface area contributed by atoms with E-state index >= 15 is 0 Å². The van der Waals surface area contributed by atoms with Gasteiger partial charge >= 0.3 is 11.9 Å². The minimum atomic E-state index is -1.15. The highest BCUT2D eigenvalue weighted by Crippen LogP contribution is 2.34. The number of esters is 1. The molecule has 0 spiro atoms. The van der Waals surface area contributed by atoms with Crippen molar-refractivity contribution in [3.8, 4) is 0 Å². The van der Waals surface area contributed by atoms with Crippen LogP contribution in [0.5, 0.6) is 0 Å². The number of aromatic carboxylic acids is 1. The molecule has 0 aliphatic carbocycles. The second-order valence-corrected chi connectivity index (χ2v) is 5.92. The Bertz CT molecular complexity index is 515. The summed E-state index contributed by atoms with van der Waals surface area (Å²) in [5.74, 6) is -1.78. The predicted octanol–water partition coefficient (Wildman–Crippen LogP) is 3.62. The van der Waals surface area contributed by atoms with Gasteiger partial charge in [0.15, 0.2) is 0 Å². The molecule has 0 amide bonds. The van der Waals surface area contributed by atoms with Gasteiger partial charge in [0, 0.05) is 4.47 Å². The maximum atomic E-state index is 11.8. The van der Waals surface area contributed by atoms with Crippen LogP contribution >= 0.6 is 15.9 Å². The van der Waals surface area contributed by atoms with E-state index in [4.69, 9.17) is 4.74 Å². The average Bonchev–Trinajstić information content (AvgIpc) is 2.26. The molecule has 0 unspecified atom stereocenters. The third-order valence-corrected chi connectivity index (χ3v) is 3.48. The van der Waals surface area contributed by atoms with E-state index in [1.807, 2.05) is 20.8 Å². The molecule has 0 atom stereocenters. The summed E-state index contributed by atoms with van der Waals surface area (Å²) >= 11 is 3.30. The van der Waals surface area contributed by atoms with Crippen molar-refractivity contribution in [2.75, 3.05) is 6.61 Å². The molecule has 1 aromatic carbocycles. The zero-order valence-corrected chi connectivity index (χ0v) is 13.0. The molecule has 4 nitrogen and oxygen atoms in total. The van der Waals surface area contributed by atoms with Gasteiger partial charge in [-0.15, -0.1) is 0 Å². The molecule has 0 fully saturated rings. The van der Waals surface area contributed by atoms with Gasteiger partial charge in [-0.05, 0) is 39.9 Å². The average molecular weight is 329 g/mol. The van der Waals surface area contributed by atoms with E-state index in [1.165, 1.54) is 6.07 Å². The molecule has 0 saturated carbocycles. The van der Waals surface area contributed by atoms with Crippen molar-refractivity contribution in [3.63, 3.8) is 0 Å². The maximum absolute atomic E-state index is 11.8. The van der Waals surface area contributed by atoms with Crippen LogP contribution in [0.2, 0.25) is 0 Å². The van der Waals surface area contributed by atoms with E-state index in [-0.39, 0.29) is 23.1 Å². The van der Waals surface area contributed by atoms with E-state index in [1.54, 1.807) is 13.0 Å². The van der Waals surface area contributed by atoms with Gasteiger partial charge in [-0.25, -0.2) is 9.59 Å². The molecular formula is C14H17BrO4. The Balaban J connectivity index is 3.49. The molecule has 0 heterocycles. The lowest BCUT2D eigenvalue weighted by molar-refractivity contribution is 0.0514. The minimum absolute atomic E-state index is 0.0501. The Kier molecular flexibility index (Phi) is 4.74. The monoisotopic (exact) mass is 328 g/mol. The fourth-order valence-corrected chi connectivity index (χ4v) is 2.85. The van der Waals surface area contributed by atoms with E-state index in [2.05, 4.69) is 15.9 Å². The molecule has 0 radical (unpaired) electrons. The molecule has 1 rings (SSSR count). The van der Waals surface area contributed by atoms with E-state index < -0.39 is 11.9 Å². The quantitative estimate of drug-likeness (QED) is 0.860. The lowest BCUT2D eigenvalue weighted by atomic mass is 9.85. The fourth-order valence-electron chi connectivity index (χ4n) is 1.74. The number of carbonyl (C=O) groups excluding carboxylic acids is 1. The summed E-state index contributed by atoms with van der Waals surface area (Å²) in [6.45, 7) is 7.81. The zero-order chi connectivity index (χ0) is 14.8. The van der Waals surface area contributed by atoms with Crippen LogP contribution in [0.25, 0.3) is 0 Å². The number of carboxylic acid groups (broad SMARTS) is 1. The summed E-state index contributed by atoms with van der Waals surface area (Å²) < 4.78 is 5.30. The van der Waals surface area contributed by atoms with E-state index in [9.17, 15) is 14.7 Å². The molecule has 0 aromatic heterocycles. The van der Waals surface area contributed by atoms with Crippen molar-refractivity contribution in [1.29, 1.82) is 0 Å². The van der Waals surface area contributed by atoms with Gasteiger partial charge in [-0.3, -0.25) is 0 Å². The number of rotatable bonds is 3. The Morgan fingerprint density at radius 3 is 2.32 bits per heavy atom. The Labute approximate surface area is 120 Å². The largest absolute Gasteiger partial charge is 0.478 e. The van der Waals surface area contributed by atoms with Crippen molar-refractivity contribution >= 4 is 27.9 Å². The molecule has 5 heteroatoms. The van der Waals surface area contributed by atoms with Crippen LogP contribution in [0.4, 0.5) is 0 Å². The van der Waals surface area contributed by atoms with Gasteiger partial charge in [0.1, 0.15) is 0 Å². The molecule has 1 N–H and O–H groups in total. The molecule has 19 heavy (non-hydrogen) atoms. The van der Waals surface area contributed by atoms with E-state index in [0.717, 1.165) is 5.56 Å². The number of carboxylic acids is 1. The van der Waals surface area contributed by atoms with Crippen LogP contribution in [0.15, 0.2) is 16.6 Å². The highest BCUT2D eigenvalue weighted by atomic mass is 79.9. The third-order valence-electron chi connectivity index (χ3n) is 2.66. The van der Waals surface area contributed by atoms with Crippen molar-refractivity contribution in [1.82, 2.24) is 0 Å². The lowest BCUT2D eigenvalue weighted by Gasteiger charge is -2.22. The summed E-state index contributed by atoms with van der Waals surface area (Å²) in [4.78, 5) is 23.2. The van der Waals surface area contributed by atoms with Gasteiger partial charge in [-0.1, -0.05) is 26.8 Å². The normalized spacial score (nSPS) is 11.2. The zero-order valence-electron chi connectivity index (χ0n) is 11.4. The molecule has 1 aromatic rings. The molecule has 0 saturated heterocycles. The molecule has 0 aliphatic heterocycles. The number of hydrogen-bond donors (Lipinski definition) is 1. The summed E-state index contributed by atoms with van der Waals surface area (Å²) in [6.07, 6.45) is 0. The first-order chi connectivity index (χ1) is 8.70. The smallest absolute Gasteiger partial charge is 0.339 e. The highest BCUT2D eigenvalue weighted by Gasteiger charge is 2.26. The molecule has 0 bridgehead atoms. The van der Waals surface area contributed by atoms with E-state index in [0.29, 0.717) is 4.47 Å². The number of ether oxygens (including phenoxy) is 1. The van der Waals surface area contributed by atoms with Crippen LogP contribution in [0.1, 0.15) is 54.0 Å². The van der Waals surface area contributed by atoms with Crippen molar-refractivity contribution in [2.24, 2.45) is 0 Å². The van der Waals surface area contributed by atoms with Crippen molar-refractivity contribution in [2.45, 2.75) is 33.1 Å². The second kappa shape index (κ2) is 5.74.